The maximum atomic E-state index is 11.7. The molecule has 0 amide bonds. The second-order valence-corrected chi connectivity index (χ2v) is 7.37. The van der Waals surface area contributed by atoms with E-state index in [-0.39, 0.29) is 5.56 Å². The van der Waals surface area contributed by atoms with Gasteiger partial charge in [0.2, 0.25) is 0 Å². The van der Waals surface area contributed by atoms with Crippen molar-refractivity contribution in [2.24, 2.45) is 0 Å². The lowest BCUT2D eigenvalue weighted by Crippen LogP contribution is -2.43. The Kier molecular flexibility index (Phi) is 5.73. The summed E-state index contributed by atoms with van der Waals surface area (Å²) in [7, 11) is 0. The van der Waals surface area contributed by atoms with Gasteiger partial charge in [0.05, 0.1) is 16.7 Å². The van der Waals surface area contributed by atoms with Crippen molar-refractivity contribution in [2.75, 3.05) is 5.32 Å². The number of benzene rings is 3. The number of anilines is 1. The van der Waals surface area contributed by atoms with Crippen molar-refractivity contribution in [2.45, 2.75) is 25.5 Å². The average molecular weight is 396 g/mol. The molecule has 28 heavy (non-hydrogen) atoms. The molecule has 1 atom stereocenters. The summed E-state index contributed by atoms with van der Waals surface area (Å²) in [4.78, 5) is 11.7. The van der Waals surface area contributed by atoms with E-state index in [1.807, 2.05) is 67.6 Å². The predicted molar refractivity (Wildman–Crippen MR) is 112 cm³/mol. The van der Waals surface area contributed by atoms with Crippen LogP contribution in [0.25, 0.3) is 0 Å². The zero-order chi connectivity index (χ0) is 20.3. The van der Waals surface area contributed by atoms with Crippen LogP contribution in [0.15, 0.2) is 72.8 Å². The normalized spacial score (nSPS) is 12.4. The fourth-order valence-corrected chi connectivity index (χ4v) is 3.71. The molecule has 0 aliphatic heterocycles. The number of aryl methyl sites for hydroxylation is 1. The van der Waals surface area contributed by atoms with Crippen molar-refractivity contribution < 1.29 is 15.0 Å². The van der Waals surface area contributed by atoms with Crippen LogP contribution in [-0.2, 0) is 5.41 Å². The summed E-state index contributed by atoms with van der Waals surface area (Å²) in [5.41, 5.74) is 2.02. The van der Waals surface area contributed by atoms with E-state index in [1.165, 1.54) is 6.07 Å². The zero-order valence-corrected chi connectivity index (χ0v) is 16.4. The van der Waals surface area contributed by atoms with Crippen LogP contribution in [0.4, 0.5) is 5.69 Å². The highest BCUT2D eigenvalue weighted by Crippen LogP contribution is 2.37. The monoisotopic (exact) mass is 395 g/mol. The molecule has 0 saturated heterocycles. The van der Waals surface area contributed by atoms with Crippen LogP contribution in [-0.4, -0.2) is 22.4 Å². The standard InChI is InChI=1S/C23H22ClNO3/c1-15-13-18(24)14-19(21(26)27)20(15)25-22(28)23(2,16-9-5-3-6-10-16)17-11-7-4-8-12-17/h3-14,22,25,28H,1-2H3,(H,26,27). The minimum atomic E-state index is -1.11. The lowest BCUT2D eigenvalue weighted by molar-refractivity contribution is 0.0697. The van der Waals surface area contributed by atoms with Gasteiger partial charge in [-0.15, -0.1) is 0 Å². The molecule has 4 nitrogen and oxygen atoms in total. The molecular formula is C23H22ClNO3. The number of carboxylic acids is 1. The number of hydrogen-bond acceptors (Lipinski definition) is 3. The average Bonchev–Trinajstić information content (AvgIpc) is 2.70. The van der Waals surface area contributed by atoms with Crippen molar-refractivity contribution in [3.8, 4) is 0 Å². The highest BCUT2D eigenvalue weighted by molar-refractivity contribution is 6.31. The summed E-state index contributed by atoms with van der Waals surface area (Å²) in [6.07, 6.45) is -1.09. The molecule has 0 bridgehead atoms. The van der Waals surface area contributed by atoms with Crippen molar-refractivity contribution in [1.29, 1.82) is 0 Å². The Hall–Kier alpha value is -2.82. The van der Waals surface area contributed by atoms with Crippen molar-refractivity contribution in [3.63, 3.8) is 0 Å². The van der Waals surface area contributed by atoms with Gasteiger partial charge < -0.3 is 15.5 Å². The van der Waals surface area contributed by atoms with Gasteiger partial charge in [0.25, 0.3) is 0 Å². The minimum absolute atomic E-state index is 0.0209. The number of nitrogens with one attached hydrogen (secondary N) is 1. The van der Waals surface area contributed by atoms with Crippen molar-refractivity contribution in [1.82, 2.24) is 0 Å². The van der Waals surface area contributed by atoms with Crippen molar-refractivity contribution >= 4 is 23.3 Å². The quantitative estimate of drug-likeness (QED) is 0.509. The Morgan fingerprint density at radius 3 is 1.96 bits per heavy atom. The number of halogens is 1. The zero-order valence-electron chi connectivity index (χ0n) is 15.7. The molecule has 0 spiro atoms. The summed E-state index contributed by atoms with van der Waals surface area (Å²) in [5.74, 6) is -1.11. The summed E-state index contributed by atoms with van der Waals surface area (Å²) < 4.78 is 0. The first-order chi connectivity index (χ1) is 13.3. The lowest BCUT2D eigenvalue weighted by Gasteiger charge is -2.37. The van der Waals surface area contributed by atoms with Gasteiger partial charge in [0.15, 0.2) is 0 Å². The SMILES string of the molecule is Cc1cc(Cl)cc(C(=O)O)c1NC(O)C(C)(c1ccccc1)c1ccccc1. The van der Waals surface area contributed by atoms with Crippen molar-refractivity contribution in [3.05, 3.63) is 100 Å². The first-order valence-corrected chi connectivity index (χ1v) is 9.31. The second-order valence-electron chi connectivity index (χ2n) is 6.93. The van der Waals surface area contributed by atoms with Crippen LogP contribution >= 0.6 is 11.6 Å². The Morgan fingerprint density at radius 1 is 1.00 bits per heavy atom. The van der Waals surface area contributed by atoms with Gasteiger partial charge in [-0.1, -0.05) is 72.3 Å². The van der Waals surface area contributed by atoms with Gasteiger partial charge in [-0.2, -0.15) is 0 Å². The molecule has 5 heteroatoms. The summed E-state index contributed by atoms with van der Waals surface area (Å²) in [5, 5.41) is 24.3. The van der Waals surface area contributed by atoms with E-state index in [0.717, 1.165) is 11.1 Å². The van der Waals surface area contributed by atoms with E-state index >= 15 is 0 Å². The largest absolute Gasteiger partial charge is 0.478 e. The third kappa shape index (κ3) is 3.75. The molecule has 0 fully saturated rings. The first kappa shape index (κ1) is 19.9. The number of aliphatic hydroxyl groups excluding tert-OH is 1. The van der Waals surface area contributed by atoms with E-state index in [9.17, 15) is 15.0 Å². The number of carboxylic acid groups (broad SMARTS) is 1. The Bertz CT molecular complexity index is 934. The van der Waals surface area contributed by atoms with Crippen LogP contribution in [0.1, 0.15) is 34.0 Å². The Morgan fingerprint density at radius 2 is 1.50 bits per heavy atom. The summed E-state index contributed by atoms with van der Waals surface area (Å²) in [6.45, 7) is 3.69. The summed E-state index contributed by atoms with van der Waals surface area (Å²) >= 11 is 6.03. The number of carbonyl (C=O) groups is 1. The molecule has 0 aromatic heterocycles. The van der Waals surface area contributed by atoms with Gasteiger partial charge >= 0.3 is 5.97 Å². The molecule has 0 aliphatic carbocycles. The summed E-state index contributed by atoms with van der Waals surface area (Å²) in [6, 6.07) is 22.4. The van der Waals surface area contributed by atoms with Gasteiger partial charge in [-0.3, -0.25) is 0 Å². The molecule has 0 aliphatic rings. The minimum Gasteiger partial charge on any atom is -0.478 e. The highest BCUT2D eigenvalue weighted by atomic mass is 35.5. The number of aromatic carboxylic acids is 1. The topological polar surface area (TPSA) is 69.6 Å². The third-order valence-electron chi connectivity index (χ3n) is 5.11. The molecule has 0 radical (unpaired) electrons. The fraction of sp³-hybridized carbons (Fsp3) is 0.174. The molecule has 3 aromatic carbocycles. The van der Waals surface area contributed by atoms with E-state index in [0.29, 0.717) is 16.3 Å². The molecule has 1 unspecified atom stereocenters. The molecule has 3 N–H and O–H groups in total. The van der Waals surface area contributed by atoms with Gasteiger partial charge in [-0.25, -0.2) is 4.79 Å². The highest BCUT2D eigenvalue weighted by Gasteiger charge is 2.37. The molecule has 144 valence electrons. The number of hydrogen-bond donors (Lipinski definition) is 3. The number of aliphatic hydroxyl groups is 1. The van der Waals surface area contributed by atoms with E-state index in [2.05, 4.69) is 5.32 Å². The smallest absolute Gasteiger partial charge is 0.337 e. The molecule has 3 aromatic rings. The molecule has 0 saturated carbocycles. The maximum absolute atomic E-state index is 11.7. The van der Waals surface area contributed by atoms with Crippen LogP contribution in [0.5, 0.6) is 0 Å². The second kappa shape index (κ2) is 8.05. The van der Waals surface area contributed by atoms with Gasteiger partial charge in [-0.05, 0) is 42.7 Å². The molecule has 3 rings (SSSR count). The molecular weight excluding hydrogens is 374 g/mol. The maximum Gasteiger partial charge on any atom is 0.337 e. The van der Waals surface area contributed by atoms with E-state index in [1.54, 1.807) is 13.0 Å². The Labute approximate surface area is 169 Å². The lowest BCUT2D eigenvalue weighted by atomic mass is 9.74. The van der Waals surface area contributed by atoms with Crippen LogP contribution in [0.2, 0.25) is 5.02 Å². The van der Waals surface area contributed by atoms with Gasteiger partial charge in [0, 0.05) is 5.02 Å². The van der Waals surface area contributed by atoms with Gasteiger partial charge in [0.1, 0.15) is 6.23 Å². The Balaban J connectivity index is 2.10. The third-order valence-corrected chi connectivity index (χ3v) is 5.32. The van der Waals surface area contributed by atoms with Crippen LogP contribution < -0.4 is 5.32 Å². The number of rotatable bonds is 6. The van der Waals surface area contributed by atoms with Crippen LogP contribution in [0.3, 0.4) is 0 Å². The first-order valence-electron chi connectivity index (χ1n) is 8.93. The fourth-order valence-electron chi connectivity index (χ4n) is 3.44. The van der Waals surface area contributed by atoms with Crippen LogP contribution in [0, 0.1) is 6.92 Å². The van der Waals surface area contributed by atoms with E-state index in [4.69, 9.17) is 11.6 Å². The van der Waals surface area contributed by atoms with E-state index < -0.39 is 17.6 Å². The predicted octanol–water partition coefficient (Wildman–Crippen LogP) is 5.08. The molecule has 0 heterocycles.